The van der Waals surface area contributed by atoms with Gasteiger partial charge in [0.1, 0.15) is 12.4 Å². The quantitative estimate of drug-likeness (QED) is 0.819. The van der Waals surface area contributed by atoms with Crippen molar-refractivity contribution in [1.82, 2.24) is 0 Å². The fourth-order valence-electron chi connectivity index (χ4n) is 1.30. The van der Waals surface area contributed by atoms with Gasteiger partial charge >= 0.3 is 0 Å². The number of benzene rings is 1. The molecule has 0 aliphatic carbocycles. The summed E-state index contributed by atoms with van der Waals surface area (Å²) in [4.78, 5) is 10.5. The Labute approximate surface area is 108 Å². The van der Waals surface area contributed by atoms with Gasteiger partial charge in [-0.05, 0) is 33.6 Å². The summed E-state index contributed by atoms with van der Waals surface area (Å²) in [5.41, 5.74) is 11.7. The van der Waals surface area contributed by atoms with E-state index in [1.165, 1.54) is 0 Å². The lowest BCUT2D eigenvalue weighted by Gasteiger charge is -2.13. The van der Waals surface area contributed by atoms with Crippen molar-refractivity contribution in [2.45, 2.75) is 6.04 Å². The molecule has 0 saturated heterocycles. The zero-order valence-corrected chi connectivity index (χ0v) is 11.1. The molecule has 1 aromatic carbocycles. The van der Waals surface area contributed by atoms with Crippen LogP contribution < -0.4 is 16.2 Å². The Bertz CT molecular complexity index is 398. The zero-order valence-electron chi connectivity index (χ0n) is 9.48. The third kappa shape index (κ3) is 4.33. The molecule has 1 unspecified atom stereocenters. The smallest absolute Gasteiger partial charge is 0.243 e. The first-order valence-corrected chi connectivity index (χ1v) is 5.79. The van der Waals surface area contributed by atoms with E-state index >= 15 is 0 Å². The van der Waals surface area contributed by atoms with Gasteiger partial charge in [0.2, 0.25) is 5.91 Å². The Balaban J connectivity index is 2.59. The fourth-order valence-corrected chi connectivity index (χ4v) is 1.85. The molecule has 0 aliphatic heterocycles. The molecule has 4 N–H and O–H groups in total. The SMILES string of the molecule is COc1ccc(C(N)COCC(N)=O)cc1Br. The Morgan fingerprint density at radius 3 is 2.76 bits per heavy atom. The van der Waals surface area contributed by atoms with Gasteiger partial charge in [-0.2, -0.15) is 0 Å². The monoisotopic (exact) mass is 302 g/mol. The third-order valence-electron chi connectivity index (χ3n) is 2.15. The maximum atomic E-state index is 10.5. The first kappa shape index (κ1) is 14.0. The zero-order chi connectivity index (χ0) is 12.8. The van der Waals surface area contributed by atoms with Crippen molar-refractivity contribution in [3.05, 3.63) is 28.2 Å². The van der Waals surface area contributed by atoms with Gasteiger partial charge in [0, 0.05) is 0 Å². The standard InChI is InChI=1S/C11H15BrN2O3/c1-16-10-3-2-7(4-8(10)12)9(13)5-17-6-11(14)15/h2-4,9H,5-6,13H2,1H3,(H2,14,15). The summed E-state index contributed by atoms with van der Waals surface area (Å²) in [5.74, 6) is 0.229. The van der Waals surface area contributed by atoms with Gasteiger partial charge < -0.3 is 20.9 Å². The van der Waals surface area contributed by atoms with Crippen LogP contribution >= 0.6 is 15.9 Å². The van der Waals surface area contributed by atoms with Crippen LogP contribution in [0.2, 0.25) is 0 Å². The van der Waals surface area contributed by atoms with Gasteiger partial charge in [-0.1, -0.05) is 6.07 Å². The highest BCUT2D eigenvalue weighted by atomic mass is 79.9. The van der Waals surface area contributed by atoms with Crippen molar-refractivity contribution in [3.8, 4) is 5.75 Å². The maximum Gasteiger partial charge on any atom is 0.243 e. The highest BCUT2D eigenvalue weighted by Crippen LogP contribution is 2.27. The minimum atomic E-state index is -0.506. The molecular formula is C11H15BrN2O3. The molecule has 0 heterocycles. The molecule has 0 radical (unpaired) electrons. The number of primary amides is 1. The van der Waals surface area contributed by atoms with Crippen LogP contribution in [0.1, 0.15) is 11.6 Å². The minimum Gasteiger partial charge on any atom is -0.496 e. The number of halogens is 1. The lowest BCUT2D eigenvalue weighted by molar-refractivity contribution is -0.122. The summed E-state index contributed by atoms with van der Waals surface area (Å²) in [5, 5.41) is 0. The minimum absolute atomic E-state index is 0.120. The first-order chi connectivity index (χ1) is 8.04. The number of carbonyl (C=O) groups excluding carboxylic acids is 1. The van der Waals surface area contributed by atoms with E-state index in [9.17, 15) is 4.79 Å². The molecular weight excluding hydrogens is 288 g/mol. The number of nitrogens with two attached hydrogens (primary N) is 2. The van der Waals surface area contributed by atoms with Crippen molar-refractivity contribution in [2.75, 3.05) is 20.3 Å². The average molecular weight is 303 g/mol. The van der Waals surface area contributed by atoms with Crippen LogP contribution in [0.25, 0.3) is 0 Å². The van der Waals surface area contributed by atoms with E-state index in [0.29, 0.717) is 0 Å². The van der Waals surface area contributed by atoms with E-state index in [1.54, 1.807) is 7.11 Å². The predicted molar refractivity (Wildman–Crippen MR) is 67.6 cm³/mol. The van der Waals surface area contributed by atoms with E-state index in [-0.39, 0.29) is 19.3 Å². The number of rotatable bonds is 6. The maximum absolute atomic E-state index is 10.5. The van der Waals surface area contributed by atoms with E-state index in [2.05, 4.69) is 15.9 Å². The van der Waals surface area contributed by atoms with Gasteiger partial charge in [0.05, 0.1) is 24.2 Å². The largest absolute Gasteiger partial charge is 0.496 e. The number of amides is 1. The van der Waals surface area contributed by atoms with Crippen LogP contribution in [0, 0.1) is 0 Å². The average Bonchev–Trinajstić information content (AvgIpc) is 2.28. The highest BCUT2D eigenvalue weighted by molar-refractivity contribution is 9.10. The first-order valence-electron chi connectivity index (χ1n) is 4.99. The topological polar surface area (TPSA) is 87.6 Å². The van der Waals surface area contributed by atoms with Gasteiger partial charge in [0.15, 0.2) is 0 Å². The summed E-state index contributed by atoms with van der Waals surface area (Å²) in [6, 6.07) is 5.21. The summed E-state index contributed by atoms with van der Waals surface area (Å²) >= 11 is 3.37. The van der Waals surface area contributed by atoms with Crippen LogP contribution in [-0.4, -0.2) is 26.2 Å². The summed E-state index contributed by atoms with van der Waals surface area (Å²) < 4.78 is 11.0. The number of hydrogen-bond donors (Lipinski definition) is 2. The Hall–Kier alpha value is -1.11. The predicted octanol–water partition coefficient (Wildman–Crippen LogP) is 0.959. The second-order valence-corrected chi connectivity index (χ2v) is 4.34. The molecule has 0 bridgehead atoms. The van der Waals surface area contributed by atoms with Gasteiger partial charge in [-0.15, -0.1) is 0 Å². The molecule has 5 nitrogen and oxygen atoms in total. The Kier molecular flexibility index (Phi) is 5.40. The molecule has 17 heavy (non-hydrogen) atoms. The lowest BCUT2D eigenvalue weighted by Crippen LogP contribution is -2.23. The van der Waals surface area contributed by atoms with Crippen molar-refractivity contribution in [2.24, 2.45) is 11.5 Å². The molecule has 0 fully saturated rings. The molecule has 94 valence electrons. The van der Waals surface area contributed by atoms with Crippen molar-refractivity contribution in [1.29, 1.82) is 0 Å². The second kappa shape index (κ2) is 6.58. The van der Waals surface area contributed by atoms with Crippen molar-refractivity contribution >= 4 is 21.8 Å². The fraction of sp³-hybridized carbons (Fsp3) is 0.364. The molecule has 0 spiro atoms. The van der Waals surface area contributed by atoms with E-state index in [4.69, 9.17) is 20.9 Å². The number of ether oxygens (including phenoxy) is 2. The summed E-state index contributed by atoms with van der Waals surface area (Å²) in [6.07, 6.45) is 0. The van der Waals surface area contributed by atoms with Gasteiger partial charge in [-0.3, -0.25) is 4.79 Å². The molecule has 0 aliphatic rings. The third-order valence-corrected chi connectivity index (χ3v) is 2.77. The van der Waals surface area contributed by atoms with Gasteiger partial charge in [-0.25, -0.2) is 0 Å². The second-order valence-electron chi connectivity index (χ2n) is 3.48. The molecule has 6 heteroatoms. The Morgan fingerprint density at radius 2 is 2.24 bits per heavy atom. The normalized spacial score (nSPS) is 12.2. The van der Waals surface area contributed by atoms with Crippen molar-refractivity contribution in [3.63, 3.8) is 0 Å². The molecule has 1 atom stereocenters. The lowest BCUT2D eigenvalue weighted by atomic mass is 10.1. The number of carbonyl (C=O) groups is 1. The molecule has 1 amide bonds. The van der Waals surface area contributed by atoms with Gasteiger partial charge in [0.25, 0.3) is 0 Å². The van der Waals surface area contributed by atoms with Crippen LogP contribution in [0.5, 0.6) is 5.75 Å². The van der Waals surface area contributed by atoms with Crippen LogP contribution in [-0.2, 0) is 9.53 Å². The Morgan fingerprint density at radius 1 is 1.53 bits per heavy atom. The van der Waals surface area contributed by atoms with Crippen LogP contribution in [0.3, 0.4) is 0 Å². The van der Waals surface area contributed by atoms with E-state index in [0.717, 1.165) is 15.8 Å². The number of hydrogen-bond acceptors (Lipinski definition) is 4. The summed E-state index contributed by atoms with van der Waals surface area (Å²) in [6.45, 7) is 0.118. The molecule has 1 aromatic rings. The van der Waals surface area contributed by atoms with E-state index < -0.39 is 5.91 Å². The van der Waals surface area contributed by atoms with E-state index in [1.807, 2.05) is 18.2 Å². The summed E-state index contributed by atoms with van der Waals surface area (Å²) in [7, 11) is 1.59. The molecule has 1 rings (SSSR count). The van der Waals surface area contributed by atoms with Crippen LogP contribution in [0.15, 0.2) is 22.7 Å². The molecule has 0 aromatic heterocycles. The van der Waals surface area contributed by atoms with Crippen LogP contribution in [0.4, 0.5) is 0 Å². The highest BCUT2D eigenvalue weighted by Gasteiger charge is 2.09. The number of methoxy groups -OCH3 is 1. The molecule has 0 saturated carbocycles. The van der Waals surface area contributed by atoms with Crippen molar-refractivity contribution < 1.29 is 14.3 Å².